The van der Waals surface area contributed by atoms with Crippen LogP contribution in [0.1, 0.15) is 13.3 Å². The Morgan fingerprint density at radius 1 is 1.15 bits per heavy atom. The Morgan fingerprint density at radius 3 is 2.46 bits per heavy atom. The highest BCUT2D eigenvalue weighted by Gasteiger charge is 1.95. The van der Waals surface area contributed by atoms with Crippen LogP contribution in [-0.2, 0) is 14.2 Å². The maximum Gasteiger partial charge on any atom is 0.505 e. The maximum absolute atomic E-state index is 9.89. The molecule has 0 unspecified atom stereocenters. The SMILES string of the molecule is CCOCCOCCCOC(=O)O. The van der Waals surface area contributed by atoms with Crippen molar-refractivity contribution in [3.8, 4) is 0 Å². The number of rotatable bonds is 8. The van der Waals surface area contributed by atoms with Crippen molar-refractivity contribution in [1.29, 1.82) is 0 Å². The second kappa shape index (κ2) is 9.28. The van der Waals surface area contributed by atoms with Crippen LogP contribution in [0.2, 0.25) is 0 Å². The topological polar surface area (TPSA) is 65.0 Å². The highest BCUT2D eigenvalue weighted by molar-refractivity contribution is 5.56. The largest absolute Gasteiger partial charge is 0.505 e. The second-order valence-electron chi connectivity index (χ2n) is 2.28. The van der Waals surface area contributed by atoms with Crippen LogP contribution in [0.4, 0.5) is 4.79 Å². The van der Waals surface area contributed by atoms with Crippen LogP contribution in [-0.4, -0.2) is 44.3 Å². The minimum absolute atomic E-state index is 0.184. The summed E-state index contributed by atoms with van der Waals surface area (Å²) in [6, 6.07) is 0. The highest BCUT2D eigenvalue weighted by atomic mass is 16.7. The molecule has 0 fully saturated rings. The lowest BCUT2D eigenvalue weighted by molar-refractivity contribution is 0.0401. The molecule has 78 valence electrons. The summed E-state index contributed by atoms with van der Waals surface area (Å²) in [5, 5.41) is 8.10. The van der Waals surface area contributed by atoms with Crippen molar-refractivity contribution in [3.63, 3.8) is 0 Å². The number of carboxylic acid groups (broad SMARTS) is 1. The Labute approximate surface area is 77.6 Å². The maximum atomic E-state index is 9.89. The van der Waals surface area contributed by atoms with Crippen LogP contribution in [0.5, 0.6) is 0 Å². The molecule has 0 saturated carbocycles. The highest BCUT2D eigenvalue weighted by Crippen LogP contribution is 1.86. The Hall–Kier alpha value is -0.810. The molecule has 5 nitrogen and oxygen atoms in total. The minimum atomic E-state index is -1.24. The molecule has 0 heterocycles. The van der Waals surface area contributed by atoms with E-state index in [1.165, 1.54) is 0 Å². The van der Waals surface area contributed by atoms with Gasteiger partial charge in [-0.1, -0.05) is 0 Å². The van der Waals surface area contributed by atoms with E-state index in [1.54, 1.807) is 0 Å². The van der Waals surface area contributed by atoms with Gasteiger partial charge in [-0.3, -0.25) is 0 Å². The lowest BCUT2D eigenvalue weighted by Crippen LogP contribution is -2.08. The summed E-state index contributed by atoms with van der Waals surface area (Å²) in [5.74, 6) is 0. The van der Waals surface area contributed by atoms with Crippen molar-refractivity contribution in [3.05, 3.63) is 0 Å². The molecular weight excluding hydrogens is 176 g/mol. The monoisotopic (exact) mass is 192 g/mol. The van der Waals surface area contributed by atoms with Crippen molar-refractivity contribution in [2.45, 2.75) is 13.3 Å². The average molecular weight is 192 g/mol. The van der Waals surface area contributed by atoms with E-state index >= 15 is 0 Å². The van der Waals surface area contributed by atoms with Gasteiger partial charge in [0.15, 0.2) is 0 Å². The lowest BCUT2D eigenvalue weighted by atomic mass is 10.5. The van der Waals surface area contributed by atoms with Gasteiger partial charge < -0.3 is 19.3 Å². The first-order valence-electron chi connectivity index (χ1n) is 4.28. The molecule has 0 aliphatic rings. The van der Waals surface area contributed by atoms with E-state index in [4.69, 9.17) is 14.6 Å². The summed E-state index contributed by atoms with van der Waals surface area (Å²) in [4.78, 5) is 9.89. The van der Waals surface area contributed by atoms with Crippen molar-refractivity contribution in [1.82, 2.24) is 0 Å². The Balaban J connectivity index is 2.87. The van der Waals surface area contributed by atoms with Gasteiger partial charge in [0.25, 0.3) is 0 Å². The van der Waals surface area contributed by atoms with Crippen LogP contribution in [0.25, 0.3) is 0 Å². The van der Waals surface area contributed by atoms with Crippen LogP contribution < -0.4 is 0 Å². The third-order valence-electron chi connectivity index (χ3n) is 1.23. The lowest BCUT2D eigenvalue weighted by Gasteiger charge is -2.03. The first-order valence-corrected chi connectivity index (χ1v) is 4.28. The molecule has 0 aromatic rings. The van der Waals surface area contributed by atoms with Gasteiger partial charge in [-0.05, 0) is 6.92 Å². The van der Waals surface area contributed by atoms with Gasteiger partial charge in [-0.15, -0.1) is 0 Å². The Bertz CT molecular complexity index is 126. The molecule has 0 aliphatic heterocycles. The van der Waals surface area contributed by atoms with Crippen LogP contribution >= 0.6 is 0 Å². The normalized spacial score (nSPS) is 9.92. The smallest absolute Gasteiger partial charge is 0.450 e. The van der Waals surface area contributed by atoms with Gasteiger partial charge in [0, 0.05) is 19.6 Å². The zero-order chi connectivity index (χ0) is 9.94. The van der Waals surface area contributed by atoms with Gasteiger partial charge in [0.2, 0.25) is 0 Å². The van der Waals surface area contributed by atoms with E-state index in [-0.39, 0.29) is 6.61 Å². The summed E-state index contributed by atoms with van der Waals surface area (Å²) in [6.45, 7) is 4.41. The van der Waals surface area contributed by atoms with Crippen molar-refractivity contribution >= 4 is 6.16 Å². The van der Waals surface area contributed by atoms with Crippen molar-refractivity contribution < 1.29 is 24.1 Å². The van der Waals surface area contributed by atoms with Crippen LogP contribution in [0.3, 0.4) is 0 Å². The number of carbonyl (C=O) groups is 1. The molecule has 0 aromatic carbocycles. The van der Waals surface area contributed by atoms with E-state index in [0.717, 1.165) is 0 Å². The first-order chi connectivity index (χ1) is 6.27. The third-order valence-corrected chi connectivity index (χ3v) is 1.23. The van der Waals surface area contributed by atoms with Crippen molar-refractivity contribution in [2.24, 2.45) is 0 Å². The molecule has 0 aliphatic carbocycles. The van der Waals surface area contributed by atoms with E-state index in [2.05, 4.69) is 4.74 Å². The number of hydrogen-bond donors (Lipinski definition) is 1. The molecule has 1 N–H and O–H groups in total. The molecular formula is C8H16O5. The van der Waals surface area contributed by atoms with Gasteiger partial charge in [0.05, 0.1) is 19.8 Å². The summed E-state index contributed by atoms with van der Waals surface area (Å²) in [7, 11) is 0. The van der Waals surface area contributed by atoms with Crippen LogP contribution in [0, 0.1) is 0 Å². The Kier molecular flexibility index (Phi) is 8.70. The fraction of sp³-hybridized carbons (Fsp3) is 0.875. The zero-order valence-corrected chi connectivity index (χ0v) is 7.82. The van der Waals surface area contributed by atoms with E-state index in [0.29, 0.717) is 32.8 Å². The van der Waals surface area contributed by atoms with Crippen molar-refractivity contribution in [2.75, 3.05) is 33.0 Å². The van der Waals surface area contributed by atoms with Gasteiger partial charge in [-0.25, -0.2) is 4.79 Å². The number of ether oxygens (including phenoxy) is 3. The molecule has 0 saturated heterocycles. The predicted octanol–water partition coefficient (Wildman–Crippen LogP) is 1.12. The number of hydrogen-bond acceptors (Lipinski definition) is 4. The standard InChI is InChI=1S/C8H16O5/c1-2-11-6-7-12-4-3-5-13-8(9)10/h2-7H2,1H3,(H,9,10). The summed E-state index contributed by atoms with van der Waals surface area (Å²) in [5.41, 5.74) is 0. The third kappa shape index (κ3) is 11.2. The minimum Gasteiger partial charge on any atom is -0.450 e. The molecule has 0 spiro atoms. The van der Waals surface area contributed by atoms with E-state index in [1.807, 2.05) is 6.92 Å². The molecule has 0 amide bonds. The molecule has 5 heteroatoms. The fourth-order valence-corrected chi connectivity index (χ4v) is 0.685. The summed E-state index contributed by atoms with van der Waals surface area (Å²) in [6.07, 6.45) is -0.660. The summed E-state index contributed by atoms with van der Waals surface area (Å²) < 4.78 is 14.4. The first kappa shape index (κ1) is 12.2. The van der Waals surface area contributed by atoms with E-state index < -0.39 is 6.16 Å². The molecule has 0 bridgehead atoms. The van der Waals surface area contributed by atoms with E-state index in [9.17, 15) is 4.79 Å². The molecule has 13 heavy (non-hydrogen) atoms. The van der Waals surface area contributed by atoms with Gasteiger partial charge in [0.1, 0.15) is 0 Å². The molecule has 0 radical (unpaired) electrons. The second-order valence-corrected chi connectivity index (χ2v) is 2.28. The fourth-order valence-electron chi connectivity index (χ4n) is 0.685. The molecule has 0 atom stereocenters. The quantitative estimate of drug-likeness (QED) is 0.461. The zero-order valence-electron chi connectivity index (χ0n) is 7.82. The predicted molar refractivity (Wildman–Crippen MR) is 45.9 cm³/mol. The average Bonchev–Trinajstić information content (AvgIpc) is 2.09. The molecule has 0 rings (SSSR count). The van der Waals surface area contributed by atoms with Gasteiger partial charge >= 0.3 is 6.16 Å². The van der Waals surface area contributed by atoms with Gasteiger partial charge in [-0.2, -0.15) is 0 Å². The summed E-state index contributed by atoms with van der Waals surface area (Å²) >= 11 is 0. The van der Waals surface area contributed by atoms with Crippen LogP contribution in [0.15, 0.2) is 0 Å². The Morgan fingerprint density at radius 2 is 1.85 bits per heavy atom. The molecule has 0 aromatic heterocycles.